The van der Waals surface area contributed by atoms with Crippen LogP contribution in [-0.4, -0.2) is 21.6 Å². The van der Waals surface area contributed by atoms with Gasteiger partial charge in [-0.25, -0.2) is 4.99 Å². The van der Waals surface area contributed by atoms with Gasteiger partial charge in [0, 0.05) is 24.1 Å². The summed E-state index contributed by atoms with van der Waals surface area (Å²) >= 11 is 1.34. The van der Waals surface area contributed by atoms with E-state index in [1.807, 2.05) is 95.4 Å². The first-order valence-electron chi connectivity index (χ1n) is 12.5. The van der Waals surface area contributed by atoms with E-state index >= 15 is 0 Å². The monoisotopic (exact) mass is 526 g/mol. The average molecular weight is 527 g/mol. The third kappa shape index (κ3) is 4.63. The third-order valence-corrected chi connectivity index (χ3v) is 7.89. The number of aromatic nitrogens is 2. The number of benzene rings is 2. The first kappa shape index (κ1) is 25.5. The summed E-state index contributed by atoms with van der Waals surface area (Å²) in [7, 11) is 2.01. The Kier molecular flexibility index (Phi) is 6.91. The fourth-order valence-electron chi connectivity index (χ4n) is 4.73. The molecule has 1 N–H and O–H groups in total. The number of para-hydroxylation sites is 1. The van der Waals surface area contributed by atoms with Gasteiger partial charge in [0.15, 0.2) is 4.80 Å². The first-order chi connectivity index (χ1) is 18.3. The summed E-state index contributed by atoms with van der Waals surface area (Å²) in [5.74, 6) is 0.440. The Balaban J connectivity index is 1.67. The van der Waals surface area contributed by atoms with Crippen molar-refractivity contribution in [3.05, 3.63) is 114 Å². The van der Waals surface area contributed by atoms with Crippen molar-refractivity contribution < 1.29 is 9.53 Å². The summed E-state index contributed by atoms with van der Waals surface area (Å²) in [4.78, 5) is 32.9. The van der Waals surface area contributed by atoms with E-state index in [-0.39, 0.29) is 11.5 Å². The van der Waals surface area contributed by atoms with Crippen molar-refractivity contribution in [3.63, 3.8) is 0 Å². The van der Waals surface area contributed by atoms with Crippen molar-refractivity contribution in [3.8, 4) is 5.75 Å². The normalized spacial score (nSPS) is 15.3. The highest BCUT2D eigenvalue weighted by Crippen LogP contribution is 2.31. The molecule has 1 aliphatic heterocycles. The summed E-state index contributed by atoms with van der Waals surface area (Å²) in [6.45, 7) is 8.38. The molecule has 0 radical (unpaired) electrons. The van der Waals surface area contributed by atoms with E-state index in [0.717, 1.165) is 28.3 Å². The fraction of sp³-hybridized carbons (Fsp3) is 0.233. The minimum absolute atomic E-state index is 0.175. The van der Waals surface area contributed by atoms with Crippen LogP contribution in [0.25, 0.3) is 6.08 Å². The number of aryl methyl sites for hydroxylation is 1. The highest BCUT2D eigenvalue weighted by atomic mass is 32.1. The topological polar surface area (TPSA) is 77.6 Å². The smallest absolute Gasteiger partial charge is 0.271 e. The lowest BCUT2D eigenvalue weighted by atomic mass is 9.95. The molecular weight excluding hydrogens is 496 g/mol. The maximum absolute atomic E-state index is 13.9. The number of carbonyl (C=O) groups excluding carboxylic acids is 1. The zero-order chi connectivity index (χ0) is 27.0. The molecule has 0 unspecified atom stereocenters. The Bertz CT molecular complexity index is 1720. The van der Waals surface area contributed by atoms with E-state index in [0.29, 0.717) is 32.9 Å². The molecule has 0 fully saturated rings. The molecule has 4 aromatic rings. The minimum Gasteiger partial charge on any atom is -0.494 e. The van der Waals surface area contributed by atoms with Crippen LogP contribution in [0, 0.1) is 13.8 Å². The van der Waals surface area contributed by atoms with E-state index in [9.17, 15) is 9.59 Å². The number of carbonyl (C=O) groups is 1. The second-order valence-electron chi connectivity index (χ2n) is 9.29. The van der Waals surface area contributed by atoms with Gasteiger partial charge in [0.25, 0.3) is 11.5 Å². The molecule has 194 valence electrons. The van der Waals surface area contributed by atoms with Gasteiger partial charge >= 0.3 is 0 Å². The quantitative estimate of drug-likeness (QED) is 0.409. The van der Waals surface area contributed by atoms with Gasteiger partial charge in [-0.1, -0.05) is 41.7 Å². The van der Waals surface area contributed by atoms with Crippen LogP contribution in [0.3, 0.4) is 0 Å². The largest absolute Gasteiger partial charge is 0.494 e. The van der Waals surface area contributed by atoms with E-state index in [4.69, 9.17) is 9.73 Å². The number of allylic oxidation sites excluding steroid dienone is 1. The van der Waals surface area contributed by atoms with Gasteiger partial charge in [0.05, 0.1) is 28.5 Å². The second-order valence-corrected chi connectivity index (χ2v) is 10.3. The van der Waals surface area contributed by atoms with Crippen molar-refractivity contribution >= 4 is 29.0 Å². The highest BCUT2D eigenvalue weighted by molar-refractivity contribution is 7.07. The predicted molar refractivity (Wildman–Crippen MR) is 151 cm³/mol. The summed E-state index contributed by atoms with van der Waals surface area (Å²) in [6, 6.07) is 18.3. The molecule has 7 nitrogen and oxygen atoms in total. The Morgan fingerprint density at radius 3 is 2.45 bits per heavy atom. The van der Waals surface area contributed by atoms with Crippen LogP contribution in [0.4, 0.5) is 5.69 Å². The molecule has 0 saturated heterocycles. The number of amides is 1. The van der Waals surface area contributed by atoms with Gasteiger partial charge < -0.3 is 14.6 Å². The van der Waals surface area contributed by atoms with Crippen LogP contribution in [0.1, 0.15) is 42.4 Å². The van der Waals surface area contributed by atoms with E-state index in [1.165, 1.54) is 11.3 Å². The number of hydrogen-bond donors (Lipinski definition) is 1. The van der Waals surface area contributed by atoms with Gasteiger partial charge in [-0.2, -0.15) is 0 Å². The lowest BCUT2D eigenvalue weighted by Gasteiger charge is -2.25. The van der Waals surface area contributed by atoms with Gasteiger partial charge in [0.1, 0.15) is 5.75 Å². The molecule has 3 heterocycles. The molecule has 8 heteroatoms. The first-order valence-corrected chi connectivity index (χ1v) is 13.3. The molecule has 5 rings (SSSR count). The van der Waals surface area contributed by atoms with Crippen LogP contribution in [0.15, 0.2) is 81.7 Å². The van der Waals surface area contributed by atoms with Gasteiger partial charge in [-0.3, -0.25) is 14.2 Å². The number of nitrogens with zero attached hydrogens (tertiary/aromatic N) is 3. The van der Waals surface area contributed by atoms with Gasteiger partial charge in [-0.05, 0) is 75.2 Å². The summed E-state index contributed by atoms with van der Waals surface area (Å²) < 4.78 is 9.94. The molecule has 38 heavy (non-hydrogen) atoms. The molecule has 2 aromatic carbocycles. The number of rotatable bonds is 6. The SMILES string of the molecule is CCOc1ccc([C@@H]2C(C(=O)Nc3ccccc3)=C(C)N=c3s/c(=C/c4cc(C)n(C)c4C)c(=O)n32)cc1. The zero-order valence-electron chi connectivity index (χ0n) is 22.1. The number of fused-ring (bicyclic) bond motifs is 1. The number of thiazole rings is 1. The standard InChI is InChI=1S/C30H30N4O3S/c1-6-37-24-14-12-21(13-15-24)27-26(28(35)32-23-10-8-7-9-11-23)19(3)31-30-34(27)29(36)25(38-30)17-22-16-18(2)33(5)20(22)4/h7-17,27H,6H2,1-5H3,(H,32,35)/b25-17+/t27-/m1/s1. The van der Waals surface area contributed by atoms with E-state index < -0.39 is 6.04 Å². The van der Waals surface area contributed by atoms with Crippen LogP contribution >= 0.6 is 11.3 Å². The number of nitrogens with one attached hydrogen (secondary N) is 1. The molecule has 0 bridgehead atoms. The van der Waals surface area contributed by atoms with Crippen molar-refractivity contribution in [2.75, 3.05) is 11.9 Å². The molecule has 0 aliphatic carbocycles. The lowest BCUT2D eigenvalue weighted by Crippen LogP contribution is -2.40. The summed E-state index contributed by atoms with van der Waals surface area (Å²) in [6.07, 6.45) is 1.92. The zero-order valence-corrected chi connectivity index (χ0v) is 22.9. The second kappa shape index (κ2) is 10.3. The fourth-order valence-corrected chi connectivity index (χ4v) is 5.77. The Morgan fingerprint density at radius 1 is 1.11 bits per heavy atom. The Labute approximate surface area is 225 Å². The molecule has 1 amide bonds. The van der Waals surface area contributed by atoms with Crippen molar-refractivity contribution in [1.82, 2.24) is 9.13 Å². The third-order valence-electron chi connectivity index (χ3n) is 6.91. The van der Waals surface area contributed by atoms with Crippen LogP contribution in [-0.2, 0) is 11.8 Å². The van der Waals surface area contributed by atoms with Crippen molar-refractivity contribution in [2.24, 2.45) is 12.0 Å². The molecule has 1 atom stereocenters. The average Bonchev–Trinajstić information content (AvgIpc) is 3.34. The Hall–Kier alpha value is -4.17. The number of ether oxygens (including phenoxy) is 1. The van der Waals surface area contributed by atoms with Crippen molar-refractivity contribution in [1.29, 1.82) is 0 Å². The molecular formula is C30H30N4O3S. The minimum atomic E-state index is -0.633. The molecule has 1 aliphatic rings. The highest BCUT2D eigenvalue weighted by Gasteiger charge is 2.32. The summed E-state index contributed by atoms with van der Waals surface area (Å²) in [5, 5.41) is 2.98. The van der Waals surface area contributed by atoms with E-state index in [1.54, 1.807) is 4.57 Å². The molecule has 2 aromatic heterocycles. The van der Waals surface area contributed by atoms with E-state index in [2.05, 4.69) is 16.0 Å². The molecule has 0 saturated carbocycles. The lowest BCUT2D eigenvalue weighted by molar-refractivity contribution is -0.113. The van der Waals surface area contributed by atoms with Gasteiger partial charge in [-0.15, -0.1) is 0 Å². The predicted octanol–water partition coefficient (Wildman–Crippen LogP) is 4.23. The Morgan fingerprint density at radius 2 is 1.82 bits per heavy atom. The maximum atomic E-state index is 13.9. The van der Waals surface area contributed by atoms with Crippen LogP contribution < -0.4 is 24.9 Å². The van der Waals surface area contributed by atoms with Gasteiger partial charge in [0.2, 0.25) is 0 Å². The van der Waals surface area contributed by atoms with Crippen LogP contribution in [0.2, 0.25) is 0 Å². The maximum Gasteiger partial charge on any atom is 0.271 e. The molecule has 0 spiro atoms. The number of anilines is 1. The van der Waals surface area contributed by atoms with Crippen molar-refractivity contribution in [2.45, 2.75) is 33.7 Å². The van der Waals surface area contributed by atoms with Crippen LogP contribution in [0.5, 0.6) is 5.75 Å². The number of hydrogen-bond acceptors (Lipinski definition) is 5. The summed E-state index contributed by atoms with van der Waals surface area (Å²) in [5.41, 5.74) is 5.51.